The SMILES string of the molecule is O=[N+]([O-])c1cc2c(cc1C=Nn1c(-c3cc4ccccc4o3)csc1=Nc1cccnc1)OCO2. The van der Waals surface area contributed by atoms with E-state index in [0.29, 0.717) is 33.4 Å². The zero-order valence-electron chi connectivity index (χ0n) is 17.9. The van der Waals surface area contributed by atoms with Crippen molar-refractivity contribution in [2.75, 3.05) is 6.79 Å². The first-order chi connectivity index (χ1) is 17.2. The maximum absolute atomic E-state index is 11.7. The highest BCUT2D eigenvalue weighted by Gasteiger charge is 2.23. The van der Waals surface area contributed by atoms with Gasteiger partial charge in [0, 0.05) is 17.0 Å². The van der Waals surface area contributed by atoms with E-state index in [-0.39, 0.29) is 18.0 Å². The van der Waals surface area contributed by atoms with Gasteiger partial charge in [-0.2, -0.15) is 5.10 Å². The Morgan fingerprint density at radius 2 is 1.97 bits per heavy atom. The smallest absolute Gasteiger partial charge is 0.282 e. The van der Waals surface area contributed by atoms with Gasteiger partial charge < -0.3 is 13.9 Å². The second-order valence-corrected chi connectivity index (χ2v) is 8.29. The predicted octanol–water partition coefficient (Wildman–Crippen LogP) is 5.11. The van der Waals surface area contributed by atoms with E-state index in [4.69, 9.17) is 13.9 Å². The zero-order chi connectivity index (χ0) is 23.8. The average Bonchev–Trinajstić information content (AvgIpc) is 3.60. The quantitative estimate of drug-likeness (QED) is 0.194. The van der Waals surface area contributed by atoms with Crippen LogP contribution in [0.15, 0.2) is 86.9 Å². The summed E-state index contributed by atoms with van der Waals surface area (Å²) < 4.78 is 18.3. The Hall–Kier alpha value is -4.77. The van der Waals surface area contributed by atoms with E-state index < -0.39 is 4.92 Å². The summed E-state index contributed by atoms with van der Waals surface area (Å²) in [5.41, 5.74) is 2.14. The molecular weight excluding hydrogens is 470 g/mol. The highest BCUT2D eigenvalue weighted by Crippen LogP contribution is 2.37. The number of nitrogens with zero attached hydrogens (tertiary/aromatic N) is 5. The van der Waals surface area contributed by atoms with Crippen molar-refractivity contribution in [2.24, 2.45) is 10.1 Å². The first kappa shape index (κ1) is 20.8. The maximum atomic E-state index is 11.7. The zero-order valence-corrected chi connectivity index (χ0v) is 18.7. The van der Waals surface area contributed by atoms with Gasteiger partial charge in [0.2, 0.25) is 11.6 Å². The lowest BCUT2D eigenvalue weighted by Gasteiger charge is -2.03. The van der Waals surface area contributed by atoms with Crippen molar-refractivity contribution in [2.45, 2.75) is 0 Å². The standard InChI is InChI=1S/C24H15N5O5S/c30-29(31)18-10-23-22(32-14-33-23)9-16(18)11-26-28-19(21-8-15-4-1-2-6-20(15)34-21)13-35-24(28)27-17-5-3-7-25-12-17/h1-13H,14H2. The van der Waals surface area contributed by atoms with Gasteiger partial charge in [0.15, 0.2) is 17.3 Å². The Labute approximate surface area is 201 Å². The minimum atomic E-state index is -0.483. The molecule has 6 rings (SSSR count). The number of hydrogen-bond acceptors (Lipinski definition) is 9. The number of para-hydroxylation sites is 1. The number of thiazole rings is 1. The normalized spacial score (nSPS) is 13.2. The number of fused-ring (bicyclic) bond motifs is 2. The minimum Gasteiger partial charge on any atom is -0.454 e. The van der Waals surface area contributed by atoms with Crippen molar-refractivity contribution in [1.82, 2.24) is 9.66 Å². The van der Waals surface area contributed by atoms with E-state index in [1.165, 1.54) is 29.7 Å². The van der Waals surface area contributed by atoms with E-state index in [0.717, 1.165) is 11.0 Å². The number of hydrogen-bond donors (Lipinski definition) is 0. The van der Waals surface area contributed by atoms with E-state index in [1.54, 1.807) is 23.1 Å². The molecule has 4 heterocycles. The highest BCUT2D eigenvalue weighted by molar-refractivity contribution is 7.07. The molecule has 0 spiro atoms. The molecule has 0 radical (unpaired) electrons. The molecule has 172 valence electrons. The molecule has 0 amide bonds. The summed E-state index contributed by atoms with van der Waals surface area (Å²) in [6, 6.07) is 16.1. The van der Waals surface area contributed by atoms with Crippen molar-refractivity contribution in [1.29, 1.82) is 0 Å². The topological polar surface area (TPSA) is 117 Å². The Bertz CT molecular complexity index is 1640. The summed E-state index contributed by atoms with van der Waals surface area (Å²) >= 11 is 1.36. The van der Waals surface area contributed by atoms with Crippen LogP contribution in [-0.4, -0.2) is 27.6 Å². The highest BCUT2D eigenvalue weighted by atomic mass is 32.1. The fourth-order valence-electron chi connectivity index (χ4n) is 3.63. The summed E-state index contributed by atoms with van der Waals surface area (Å²) in [6.45, 7) is 0.0106. The summed E-state index contributed by atoms with van der Waals surface area (Å²) in [7, 11) is 0. The van der Waals surface area contributed by atoms with Gasteiger partial charge in [-0.15, -0.1) is 11.3 Å². The lowest BCUT2D eigenvalue weighted by atomic mass is 10.1. The predicted molar refractivity (Wildman–Crippen MR) is 129 cm³/mol. The third-order valence-electron chi connectivity index (χ3n) is 5.26. The van der Waals surface area contributed by atoms with Gasteiger partial charge >= 0.3 is 0 Å². The molecule has 3 aromatic heterocycles. The molecule has 11 heteroatoms. The molecule has 0 atom stereocenters. The number of nitro benzene ring substituents is 1. The van der Waals surface area contributed by atoms with Crippen LogP contribution in [0.3, 0.4) is 0 Å². The summed E-state index contributed by atoms with van der Waals surface area (Å²) in [6.07, 6.45) is 4.71. The third-order valence-corrected chi connectivity index (χ3v) is 6.08. The lowest BCUT2D eigenvalue weighted by Crippen LogP contribution is -2.11. The molecule has 10 nitrogen and oxygen atoms in total. The monoisotopic (exact) mass is 485 g/mol. The van der Waals surface area contributed by atoms with Crippen LogP contribution in [-0.2, 0) is 0 Å². The number of furan rings is 1. The molecule has 0 saturated heterocycles. The lowest BCUT2D eigenvalue weighted by molar-refractivity contribution is -0.385. The van der Waals surface area contributed by atoms with Gasteiger partial charge in [-0.25, -0.2) is 9.67 Å². The van der Waals surface area contributed by atoms with Crippen LogP contribution in [0.4, 0.5) is 11.4 Å². The molecule has 0 unspecified atom stereocenters. The molecule has 0 bridgehead atoms. The fraction of sp³-hybridized carbons (Fsp3) is 0.0417. The van der Waals surface area contributed by atoms with Crippen LogP contribution in [0.1, 0.15) is 5.56 Å². The van der Waals surface area contributed by atoms with Gasteiger partial charge in [0.25, 0.3) is 5.69 Å². The third kappa shape index (κ3) is 3.93. The van der Waals surface area contributed by atoms with Gasteiger partial charge in [-0.05, 0) is 30.3 Å². The van der Waals surface area contributed by atoms with E-state index in [9.17, 15) is 10.1 Å². The minimum absolute atomic E-state index is 0.0106. The van der Waals surface area contributed by atoms with Gasteiger partial charge in [-0.1, -0.05) is 18.2 Å². The largest absolute Gasteiger partial charge is 0.454 e. The van der Waals surface area contributed by atoms with Crippen molar-refractivity contribution >= 4 is 39.9 Å². The van der Waals surface area contributed by atoms with E-state index in [2.05, 4.69) is 15.1 Å². The molecule has 0 saturated carbocycles. The van der Waals surface area contributed by atoms with Crippen molar-refractivity contribution in [3.8, 4) is 23.0 Å². The second-order valence-electron chi connectivity index (χ2n) is 7.45. The molecule has 0 fully saturated rings. The summed E-state index contributed by atoms with van der Waals surface area (Å²) in [4.78, 5) is 20.5. The van der Waals surface area contributed by atoms with Crippen LogP contribution >= 0.6 is 11.3 Å². The molecule has 1 aliphatic rings. The Morgan fingerprint density at radius 3 is 2.77 bits per heavy atom. The molecule has 0 aliphatic carbocycles. The van der Waals surface area contributed by atoms with Crippen LogP contribution < -0.4 is 14.3 Å². The number of nitro groups is 1. The van der Waals surface area contributed by atoms with Gasteiger partial charge in [0.1, 0.15) is 11.3 Å². The van der Waals surface area contributed by atoms with Crippen molar-refractivity contribution in [3.05, 3.63) is 92.9 Å². The second kappa shape index (κ2) is 8.54. The Balaban J connectivity index is 1.51. The maximum Gasteiger partial charge on any atom is 0.282 e. The number of pyridine rings is 1. The van der Waals surface area contributed by atoms with E-state index in [1.807, 2.05) is 41.8 Å². The summed E-state index contributed by atoms with van der Waals surface area (Å²) in [5, 5.41) is 19.1. The summed E-state index contributed by atoms with van der Waals surface area (Å²) in [5.74, 6) is 1.34. The number of benzene rings is 2. The van der Waals surface area contributed by atoms with Gasteiger partial charge in [-0.3, -0.25) is 15.1 Å². The van der Waals surface area contributed by atoms with Crippen LogP contribution in [0.2, 0.25) is 0 Å². The van der Waals surface area contributed by atoms with Crippen molar-refractivity contribution in [3.63, 3.8) is 0 Å². The fourth-order valence-corrected chi connectivity index (χ4v) is 4.46. The Kier molecular flexibility index (Phi) is 5.08. The number of rotatable bonds is 5. The molecule has 1 aliphatic heterocycles. The molecule has 35 heavy (non-hydrogen) atoms. The Morgan fingerprint density at radius 1 is 1.11 bits per heavy atom. The molecular formula is C24H15N5O5S. The number of ether oxygens (including phenoxy) is 2. The first-order valence-electron chi connectivity index (χ1n) is 10.4. The van der Waals surface area contributed by atoms with Crippen LogP contribution in [0.5, 0.6) is 11.5 Å². The average molecular weight is 485 g/mol. The molecule has 5 aromatic rings. The van der Waals surface area contributed by atoms with Gasteiger partial charge in [0.05, 0.1) is 34.7 Å². The first-order valence-corrected chi connectivity index (χ1v) is 11.3. The van der Waals surface area contributed by atoms with E-state index >= 15 is 0 Å². The van der Waals surface area contributed by atoms with Crippen molar-refractivity contribution < 1.29 is 18.8 Å². The van der Waals surface area contributed by atoms with Crippen LogP contribution in [0, 0.1) is 10.1 Å². The molecule has 0 N–H and O–H groups in total. The number of aromatic nitrogens is 2. The van der Waals surface area contributed by atoms with Crippen LogP contribution in [0.25, 0.3) is 22.4 Å². The molecule has 2 aromatic carbocycles.